The van der Waals surface area contributed by atoms with Gasteiger partial charge in [-0.2, -0.15) is 13.2 Å². The summed E-state index contributed by atoms with van der Waals surface area (Å²) in [6.45, 7) is 3.48. The number of carboxylic acids is 1. The fourth-order valence-electron chi connectivity index (χ4n) is 1.71. The molecule has 0 radical (unpaired) electrons. The Labute approximate surface area is 109 Å². The van der Waals surface area contributed by atoms with Gasteiger partial charge in [-0.05, 0) is 30.0 Å². The fourth-order valence-corrected chi connectivity index (χ4v) is 1.71. The van der Waals surface area contributed by atoms with Gasteiger partial charge in [-0.25, -0.2) is 0 Å². The highest BCUT2D eigenvalue weighted by Gasteiger charge is 2.31. The maximum absolute atomic E-state index is 12.6. The molecule has 1 aromatic carbocycles. The summed E-state index contributed by atoms with van der Waals surface area (Å²) in [6, 6.07) is 3.37. The van der Waals surface area contributed by atoms with Crippen LogP contribution in [0.3, 0.4) is 0 Å². The van der Waals surface area contributed by atoms with E-state index < -0.39 is 24.3 Å². The third-order valence-corrected chi connectivity index (χ3v) is 2.50. The van der Waals surface area contributed by atoms with Gasteiger partial charge in [0.15, 0.2) is 0 Å². The molecule has 0 unspecified atom stereocenters. The Balaban J connectivity index is 3.06. The van der Waals surface area contributed by atoms with Crippen LogP contribution >= 0.6 is 0 Å². The molecule has 0 saturated carbocycles. The summed E-state index contributed by atoms with van der Waals surface area (Å²) < 4.78 is 37.9. The monoisotopic (exact) mass is 275 g/mol. The van der Waals surface area contributed by atoms with E-state index in [-0.39, 0.29) is 11.6 Å². The number of hydrogen-bond donors (Lipinski definition) is 2. The number of carboxylic acid groups (broad SMARTS) is 1. The Morgan fingerprint density at radius 3 is 2.47 bits per heavy atom. The first kappa shape index (κ1) is 15.3. The van der Waals surface area contributed by atoms with Crippen LogP contribution in [0, 0.1) is 5.92 Å². The van der Waals surface area contributed by atoms with Crippen LogP contribution in [0.15, 0.2) is 18.2 Å². The number of aliphatic carboxylic acids is 1. The molecule has 0 atom stereocenters. The van der Waals surface area contributed by atoms with Gasteiger partial charge in [0.2, 0.25) is 0 Å². The van der Waals surface area contributed by atoms with Gasteiger partial charge in [0.1, 0.15) is 6.54 Å². The Morgan fingerprint density at radius 1 is 1.37 bits per heavy atom. The summed E-state index contributed by atoms with van der Waals surface area (Å²) >= 11 is 0. The number of halogens is 3. The van der Waals surface area contributed by atoms with E-state index in [2.05, 4.69) is 5.32 Å². The molecule has 3 nitrogen and oxygen atoms in total. The molecule has 0 aliphatic heterocycles. The van der Waals surface area contributed by atoms with Crippen LogP contribution < -0.4 is 5.32 Å². The second kappa shape index (κ2) is 5.95. The van der Waals surface area contributed by atoms with Crippen LogP contribution in [0.1, 0.15) is 25.0 Å². The van der Waals surface area contributed by atoms with E-state index in [1.165, 1.54) is 6.07 Å². The van der Waals surface area contributed by atoms with Crippen molar-refractivity contribution in [2.45, 2.75) is 26.4 Å². The van der Waals surface area contributed by atoms with E-state index in [1.807, 2.05) is 13.8 Å². The number of hydrogen-bond acceptors (Lipinski definition) is 2. The minimum Gasteiger partial charge on any atom is -0.480 e. The maximum atomic E-state index is 12.6. The van der Waals surface area contributed by atoms with Crippen molar-refractivity contribution in [3.05, 3.63) is 29.3 Å². The van der Waals surface area contributed by atoms with Crippen molar-refractivity contribution in [1.29, 1.82) is 0 Å². The van der Waals surface area contributed by atoms with E-state index in [1.54, 1.807) is 0 Å². The van der Waals surface area contributed by atoms with Gasteiger partial charge >= 0.3 is 12.1 Å². The van der Waals surface area contributed by atoms with Crippen molar-refractivity contribution >= 4 is 11.7 Å². The van der Waals surface area contributed by atoms with Gasteiger partial charge in [0.05, 0.1) is 5.56 Å². The predicted octanol–water partition coefficient (Wildman–Crippen LogP) is 3.40. The first-order valence-electron chi connectivity index (χ1n) is 5.86. The molecule has 0 aromatic heterocycles. The Hall–Kier alpha value is -1.72. The normalized spacial score (nSPS) is 11.7. The highest BCUT2D eigenvalue weighted by Crippen LogP contribution is 2.32. The lowest BCUT2D eigenvalue weighted by atomic mass is 9.99. The Morgan fingerprint density at radius 2 is 2.00 bits per heavy atom. The number of carbonyl (C=O) groups is 1. The summed E-state index contributed by atoms with van der Waals surface area (Å²) in [4.78, 5) is 10.5. The SMILES string of the molecule is CC(C)Cc1ccc(C(F)(F)F)cc1NCC(=O)O. The maximum Gasteiger partial charge on any atom is 0.416 e. The zero-order chi connectivity index (χ0) is 14.6. The smallest absolute Gasteiger partial charge is 0.416 e. The summed E-state index contributed by atoms with van der Waals surface area (Å²) in [5.41, 5.74) is 0.128. The fraction of sp³-hybridized carbons (Fsp3) is 0.462. The van der Waals surface area contributed by atoms with E-state index >= 15 is 0 Å². The van der Waals surface area contributed by atoms with Crippen LogP contribution in [0.2, 0.25) is 0 Å². The van der Waals surface area contributed by atoms with Crippen molar-refractivity contribution in [2.24, 2.45) is 5.92 Å². The van der Waals surface area contributed by atoms with Gasteiger partial charge in [-0.3, -0.25) is 4.79 Å². The molecule has 1 rings (SSSR count). The first-order chi connectivity index (χ1) is 8.70. The van der Waals surface area contributed by atoms with Crippen LogP contribution in [0.4, 0.5) is 18.9 Å². The summed E-state index contributed by atoms with van der Waals surface area (Å²) in [5, 5.41) is 11.1. The lowest BCUT2D eigenvalue weighted by Gasteiger charge is -2.15. The topological polar surface area (TPSA) is 49.3 Å². The minimum absolute atomic E-state index is 0.228. The summed E-state index contributed by atoms with van der Waals surface area (Å²) in [5.74, 6) is -0.852. The standard InChI is InChI=1S/C13H16F3NO2/c1-8(2)5-9-3-4-10(13(14,15)16)6-11(9)17-7-12(18)19/h3-4,6,8,17H,5,7H2,1-2H3,(H,18,19). The summed E-state index contributed by atoms with van der Waals surface area (Å²) in [7, 11) is 0. The average Bonchev–Trinajstić information content (AvgIpc) is 2.25. The van der Waals surface area contributed by atoms with Crippen molar-refractivity contribution < 1.29 is 23.1 Å². The third-order valence-electron chi connectivity index (χ3n) is 2.50. The molecule has 0 aliphatic rings. The number of nitrogens with one attached hydrogen (secondary N) is 1. The second-order valence-corrected chi connectivity index (χ2v) is 4.71. The van der Waals surface area contributed by atoms with Crippen molar-refractivity contribution in [2.75, 3.05) is 11.9 Å². The van der Waals surface area contributed by atoms with Crippen LogP contribution in [-0.2, 0) is 17.4 Å². The van der Waals surface area contributed by atoms with Gasteiger partial charge < -0.3 is 10.4 Å². The lowest BCUT2D eigenvalue weighted by Crippen LogP contribution is -2.15. The molecule has 0 fully saturated rings. The molecule has 106 valence electrons. The molecule has 1 aromatic rings. The molecular formula is C13H16F3NO2. The van der Waals surface area contributed by atoms with Crippen molar-refractivity contribution in [1.82, 2.24) is 0 Å². The zero-order valence-corrected chi connectivity index (χ0v) is 10.7. The zero-order valence-electron chi connectivity index (χ0n) is 10.7. The van der Waals surface area contributed by atoms with E-state index in [9.17, 15) is 18.0 Å². The average molecular weight is 275 g/mol. The summed E-state index contributed by atoms with van der Waals surface area (Å²) in [6.07, 6.45) is -3.85. The molecule has 19 heavy (non-hydrogen) atoms. The predicted molar refractivity (Wildman–Crippen MR) is 66.1 cm³/mol. The largest absolute Gasteiger partial charge is 0.480 e. The third kappa shape index (κ3) is 4.81. The van der Waals surface area contributed by atoms with Crippen molar-refractivity contribution in [3.63, 3.8) is 0 Å². The number of anilines is 1. The van der Waals surface area contributed by atoms with E-state index in [0.29, 0.717) is 12.0 Å². The van der Waals surface area contributed by atoms with Gasteiger partial charge in [0, 0.05) is 5.69 Å². The van der Waals surface area contributed by atoms with Gasteiger partial charge in [-0.1, -0.05) is 19.9 Å². The van der Waals surface area contributed by atoms with Crippen LogP contribution in [0.25, 0.3) is 0 Å². The minimum atomic E-state index is -4.43. The van der Waals surface area contributed by atoms with Gasteiger partial charge in [-0.15, -0.1) is 0 Å². The van der Waals surface area contributed by atoms with Crippen molar-refractivity contribution in [3.8, 4) is 0 Å². The van der Waals surface area contributed by atoms with Crippen LogP contribution in [0.5, 0.6) is 0 Å². The lowest BCUT2D eigenvalue weighted by molar-refractivity contribution is -0.137. The first-order valence-corrected chi connectivity index (χ1v) is 5.86. The molecule has 0 bridgehead atoms. The molecular weight excluding hydrogens is 259 g/mol. The van der Waals surface area contributed by atoms with Crippen LogP contribution in [-0.4, -0.2) is 17.6 Å². The van der Waals surface area contributed by atoms with E-state index in [0.717, 1.165) is 12.1 Å². The van der Waals surface area contributed by atoms with E-state index in [4.69, 9.17) is 5.11 Å². The highest BCUT2D eigenvalue weighted by molar-refractivity contribution is 5.73. The molecule has 0 heterocycles. The highest BCUT2D eigenvalue weighted by atomic mass is 19.4. The van der Waals surface area contributed by atoms with Gasteiger partial charge in [0.25, 0.3) is 0 Å². The molecule has 2 N–H and O–H groups in total. The number of rotatable bonds is 5. The Kier molecular flexibility index (Phi) is 4.80. The molecule has 6 heteroatoms. The quantitative estimate of drug-likeness (QED) is 0.865. The Bertz CT molecular complexity index is 456. The molecule has 0 amide bonds. The molecule has 0 aliphatic carbocycles. The molecule has 0 spiro atoms. The molecule has 0 saturated heterocycles. The number of alkyl halides is 3. The second-order valence-electron chi connectivity index (χ2n) is 4.71. The number of benzene rings is 1.